The molecule has 0 aliphatic carbocycles. The van der Waals surface area contributed by atoms with Gasteiger partial charge in [0, 0.05) is 38.5 Å². The number of hydrogen-bond acceptors (Lipinski definition) is 9. The molecule has 1 amide bonds. The Morgan fingerprint density at radius 3 is 2.39 bits per heavy atom. The van der Waals surface area contributed by atoms with Gasteiger partial charge in [-0.05, 0) is 57.0 Å². The number of hydrogen-bond donors (Lipinski definition) is 1. The lowest BCUT2D eigenvalue weighted by Crippen LogP contribution is -2.53. The smallest absolute Gasteiger partial charge is 0.319 e. The molecule has 38 heavy (non-hydrogen) atoms. The molecule has 2 rings (SSSR count). The van der Waals surface area contributed by atoms with Crippen LogP contribution in [0.4, 0.5) is 0 Å². The Kier molecular flexibility index (Phi) is 12.6. The Bertz CT molecular complexity index is 1120. The van der Waals surface area contributed by atoms with Crippen molar-refractivity contribution in [1.29, 1.82) is 0 Å². The second kappa shape index (κ2) is 14.9. The van der Waals surface area contributed by atoms with Crippen molar-refractivity contribution in [2.75, 3.05) is 71.5 Å². The zero-order chi connectivity index (χ0) is 28.3. The highest BCUT2D eigenvalue weighted by atomic mass is 32.2. The quantitative estimate of drug-likeness (QED) is 0.219. The van der Waals surface area contributed by atoms with E-state index in [1.807, 2.05) is 12.1 Å². The van der Waals surface area contributed by atoms with E-state index >= 15 is 0 Å². The Hall–Kier alpha value is -2.06. The van der Waals surface area contributed by atoms with E-state index in [4.69, 9.17) is 0 Å². The van der Waals surface area contributed by atoms with E-state index in [0.29, 0.717) is 18.0 Å². The summed E-state index contributed by atoms with van der Waals surface area (Å²) in [7, 11) is -5.54. The lowest BCUT2D eigenvalue weighted by atomic mass is 10.1. The third-order valence-electron chi connectivity index (χ3n) is 6.75. The van der Waals surface area contributed by atoms with Crippen LogP contribution >= 0.6 is 0 Å². The van der Waals surface area contributed by atoms with E-state index in [-0.39, 0.29) is 43.9 Å². The van der Waals surface area contributed by atoms with Crippen LogP contribution in [0.5, 0.6) is 0 Å². The van der Waals surface area contributed by atoms with Gasteiger partial charge in [0.05, 0.1) is 30.8 Å². The molecule has 1 saturated heterocycles. The third kappa shape index (κ3) is 10.3. The van der Waals surface area contributed by atoms with E-state index < -0.39 is 25.8 Å². The highest BCUT2D eigenvalue weighted by molar-refractivity contribution is 7.90. The summed E-state index contributed by atoms with van der Waals surface area (Å²) < 4.78 is 54.1. The summed E-state index contributed by atoms with van der Waals surface area (Å²) in [6.07, 6.45) is 3.74. The number of rotatable bonds is 16. The number of methoxy groups -OCH3 is 1. The minimum Gasteiger partial charge on any atom is -0.468 e. The van der Waals surface area contributed by atoms with E-state index in [1.54, 1.807) is 17.0 Å². The molecular weight excluding hydrogens is 532 g/mol. The van der Waals surface area contributed by atoms with Crippen molar-refractivity contribution in [2.24, 2.45) is 0 Å². The fraction of sp³-hybridized carbons (Fsp3) is 0.680. The Morgan fingerprint density at radius 2 is 1.82 bits per heavy atom. The van der Waals surface area contributed by atoms with Crippen LogP contribution in [0.25, 0.3) is 0 Å². The summed E-state index contributed by atoms with van der Waals surface area (Å²) in [5.74, 6) is -0.853. The average molecular weight is 575 g/mol. The number of nitrogens with zero attached hydrogens (tertiary/aromatic N) is 3. The standard InChI is InChI=1S/C25H42N4O7S2/c1-5-27(21(2)18-22-8-10-23(11-9-22)37(4,32)33)13-6-7-14-28-15-16-29(20-24(28)30)38(34,35)17-12-26-19-25(31)36-3/h8-11,21,26H,5-7,12-20H2,1-4H3. The van der Waals surface area contributed by atoms with Crippen molar-refractivity contribution < 1.29 is 31.2 Å². The molecule has 1 fully saturated rings. The van der Waals surface area contributed by atoms with Gasteiger partial charge in [-0.15, -0.1) is 0 Å². The zero-order valence-electron chi connectivity index (χ0n) is 22.9. The van der Waals surface area contributed by atoms with Crippen LogP contribution in [0.2, 0.25) is 0 Å². The lowest BCUT2D eigenvalue weighted by Gasteiger charge is -2.34. The first kappa shape index (κ1) is 32.2. The van der Waals surface area contributed by atoms with Crippen LogP contribution in [0.15, 0.2) is 29.2 Å². The van der Waals surface area contributed by atoms with Crippen molar-refractivity contribution in [3.05, 3.63) is 29.8 Å². The predicted octanol–water partition coefficient (Wildman–Crippen LogP) is 0.360. The fourth-order valence-electron chi connectivity index (χ4n) is 4.40. The molecule has 0 saturated carbocycles. The average Bonchev–Trinajstić information content (AvgIpc) is 2.86. The largest absolute Gasteiger partial charge is 0.468 e. The van der Waals surface area contributed by atoms with Crippen molar-refractivity contribution in [3.63, 3.8) is 0 Å². The molecule has 1 aliphatic heterocycles. The van der Waals surface area contributed by atoms with Gasteiger partial charge in [-0.2, -0.15) is 4.31 Å². The Morgan fingerprint density at radius 1 is 1.13 bits per heavy atom. The number of piperazine rings is 1. The number of carbonyl (C=O) groups excluding carboxylic acids is 2. The van der Waals surface area contributed by atoms with E-state index in [9.17, 15) is 26.4 Å². The number of carbonyl (C=O) groups is 2. The fourth-order valence-corrected chi connectivity index (χ4v) is 6.36. The van der Waals surface area contributed by atoms with Gasteiger partial charge in [0.15, 0.2) is 9.84 Å². The maximum Gasteiger partial charge on any atom is 0.319 e. The van der Waals surface area contributed by atoms with Crippen molar-refractivity contribution in [2.45, 2.75) is 44.0 Å². The summed E-state index contributed by atoms with van der Waals surface area (Å²) in [6, 6.07) is 7.31. The normalized spacial score (nSPS) is 16.1. The molecule has 11 nitrogen and oxygen atoms in total. The van der Waals surface area contributed by atoms with Gasteiger partial charge in [-0.1, -0.05) is 19.1 Å². The van der Waals surface area contributed by atoms with E-state index in [0.717, 1.165) is 37.9 Å². The van der Waals surface area contributed by atoms with Crippen molar-refractivity contribution in [3.8, 4) is 0 Å². The Labute approximate surface area is 227 Å². The highest BCUT2D eigenvalue weighted by Gasteiger charge is 2.31. The molecule has 0 bridgehead atoms. The molecule has 1 N–H and O–H groups in total. The second-order valence-electron chi connectivity index (χ2n) is 9.59. The van der Waals surface area contributed by atoms with Gasteiger partial charge in [-0.3, -0.25) is 9.59 Å². The van der Waals surface area contributed by atoms with Crippen molar-refractivity contribution >= 4 is 31.7 Å². The second-order valence-corrected chi connectivity index (χ2v) is 13.7. The van der Waals surface area contributed by atoms with Gasteiger partial charge in [0.1, 0.15) is 0 Å². The van der Waals surface area contributed by atoms with Gasteiger partial charge in [0.2, 0.25) is 15.9 Å². The number of ether oxygens (including phenoxy) is 1. The monoisotopic (exact) mass is 574 g/mol. The van der Waals surface area contributed by atoms with Gasteiger partial charge in [0.25, 0.3) is 0 Å². The molecule has 1 aromatic rings. The highest BCUT2D eigenvalue weighted by Crippen LogP contribution is 2.15. The molecule has 1 unspecified atom stereocenters. The molecule has 1 atom stereocenters. The molecule has 1 aromatic carbocycles. The van der Waals surface area contributed by atoms with Crippen molar-refractivity contribution in [1.82, 2.24) is 19.4 Å². The molecule has 1 heterocycles. The number of nitrogens with one attached hydrogen (secondary N) is 1. The van der Waals surface area contributed by atoms with E-state index in [2.05, 4.69) is 28.8 Å². The van der Waals surface area contributed by atoms with Gasteiger partial charge in [-0.25, -0.2) is 16.8 Å². The van der Waals surface area contributed by atoms with Crippen LogP contribution in [-0.2, 0) is 40.6 Å². The molecule has 216 valence electrons. The van der Waals surface area contributed by atoms with Crippen LogP contribution in [0.3, 0.4) is 0 Å². The summed E-state index contributed by atoms with van der Waals surface area (Å²) in [4.78, 5) is 28.1. The summed E-state index contributed by atoms with van der Waals surface area (Å²) in [5.41, 5.74) is 1.08. The summed E-state index contributed by atoms with van der Waals surface area (Å²) in [5, 5.41) is 2.73. The number of unbranched alkanes of at least 4 members (excludes halogenated alkanes) is 1. The molecule has 0 spiro atoms. The number of sulfone groups is 1. The lowest BCUT2D eigenvalue weighted by molar-refractivity contribution is -0.139. The Balaban J connectivity index is 1.73. The zero-order valence-corrected chi connectivity index (χ0v) is 24.5. The minimum atomic E-state index is -3.59. The number of sulfonamides is 1. The van der Waals surface area contributed by atoms with Gasteiger partial charge >= 0.3 is 5.97 Å². The van der Waals surface area contributed by atoms with E-state index in [1.165, 1.54) is 17.7 Å². The predicted molar refractivity (Wildman–Crippen MR) is 146 cm³/mol. The molecular formula is C25H42N4O7S2. The first-order chi connectivity index (χ1) is 17.9. The number of benzene rings is 1. The van der Waals surface area contributed by atoms with Crippen LogP contribution < -0.4 is 5.32 Å². The topological polar surface area (TPSA) is 133 Å². The number of likely N-dealkylation sites (N-methyl/N-ethyl adjacent to an activating group) is 1. The summed E-state index contributed by atoms with van der Waals surface area (Å²) >= 11 is 0. The maximum absolute atomic E-state index is 12.6. The number of esters is 1. The maximum atomic E-state index is 12.6. The molecule has 13 heteroatoms. The SMILES string of the molecule is CCN(CCCCN1CCN(S(=O)(=O)CCNCC(=O)OC)CC1=O)C(C)Cc1ccc(S(C)(=O)=O)cc1. The van der Waals surface area contributed by atoms with Crippen LogP contribution in [0, 0.1) is 0 Å². The first-order valence-electron chi connectivity index (χ1n) is 12.9. The number of amides is 1. The molecule has 1 aliphatic rings. The first-order valence-corrected chi connectivity index (χ1v) is 16.4. The molecule has 0 radical (unpaired) electrons. The van der Waals surface area contributed by atoms with Gasteiger partial charge < -0.3 is 19.9 Å². The molecule has 0 aromatic heterocycles. The minimum absolute atomic E-state index is 0.0640. The third-order valence-corrected chi connectivity index (χ3v) is 9.69. The van der Waals surface area contributed by atoms with Crippen LogP contribution in [-0.4, -0.2) is 120 Å². The van der Waals surface area contributed by atoms with Crippen LogP contribution in [0.1, 0.15) is 32.3 Å². The summed E-state index contributed by atoms with van der Waals surface area (Å²) in [6.45, 7) is 7.12.